The normalized spacial score (nSPS) is 19.4. The van der Waals surface area contributed by atoms with Crippen molar-refractivity contribution in [2.45, 2.75) is 6.42 Å². The van der Waals surface area contributed by atoms with Crippen LogP contribution in [-0.4, -0.2) is 26.7 Å². The number of anilines is 1. The van der Waals surface area contributed by atoms with Crippen molar-refractivity contribution >= 4 is 21.6 Å². The van der Waals surface area contributed by atoms with Crippen LogP contribution in [0.15, 0.2) is 22.7 Å². The van der Waals surface area contributed by atoms with Gasteiger partial charge in [0.15, 0.2) is 0 Å². The van der Waals surface area contributed by atoms with Crippen molar-refractivity contribution in [3.05, 3.63) is 28.2 Å². The van der Waals surface area contributed by atoms with Crippen molar-refractivity contribution in [1.82, 2.24) is 5.32 Å². The van der Waals surface area contributed by atoms with Gasteiger partial charge in [-0.2, -0.15) is 5.26 Å². The van der Waals surface area contributed by atoms with Crippen LogP contribution in [0.25, 0.3) is 0 Å². The summed E-state index contributed by atoms with van der Waals surface area (Å²) >= 11 is 3.44. The quantitative estimate of drug-likeness (QED) is 0.930. The predicted molar refractivity (Wildman–Crippen MR) is 73.1 cm³/mol. The van der Waals surface area contributed by atoms with Gasteiger partial charge in [-0.3, -0.25) is 0 Å². The van der Waals surface area contributed by atoms with E-state index in [1.54, 1.807) is 0 Å². The van der Waals surface area contributed by atoms with Gasteiger partial charge in [0, 0.05) is 17.6 Å². The number of benzene rings is 1. The lowest BCUT2D eigenvalue weighted by molar-refractivity contribution is 0.549. The molecule has 1 unspecified atom stereocenters. The molecule has 0 spiro atoms. The lowest BCUT2D eigenvalue weighted by Crippen LogP contribution is -2.24. The van der Waals surface area contributed by atoms with Gasteiger partial charge in [0.2, 0.25) is 0 Å². The van der Waals surface area contributed by atoms with E-state index < -0.39 is 0 Å². The molecule has 1 aromatic carbocycles. The summed E-state index contributed by atoms with van der Waals surface area (Å²) < 4.78 is 0.884. The fourth-order valence-electron chi connectivity index (χ4n) is 2.39. The Hall–Kier alpha value is -1.05. The van der Waals surface area contributed by atoms with E-state index in [0.717, 1.165) is 35.4 Å². The van der Waals surface area contributed by atoms with Crippen LogP contribution in [0.4, 0.5) is 5.69 Å². The Morgan fingerprint density at radius 1 is 1.59 bits per heavy atom. The number of hydrogen-bond donors (Lipinski definition) is 1. The van der Waals surface area contributed by atoms with Gasteiger partial charge in [-0.05, 0) is 54.0 Å². The van der Waals surface area contributed by atoms with Crippen LogP contribution in [0.2, 0.25) is 0 Å². The third-order valence-electron chi connectivity index (χ3n) is 3.22. The van der Waals surface area contributed by atoms with Gasteiger partial charge in [0.25, 0.3) is 0 Å². The average Bonchev–Trinajstić information content (AvgIpc) is 2.78. The van der Waals surface area contributed by atoms with E-state index in [4.69, 9.17) is 0 Å². The molecule has 90 valence electrons. The van der Waals surface area contributed by atoms with E-state index in [-0.39, 0.29) is 0 Å². The van der Waals surface area contributed by atoms with Crippen LogP contribution < -0.4 is 10.2 Å². The smallest absolute Gasteiger partial charge is 0.103 e. The van der Waals surface area contributed by atoms with Gasteiger partial charge in [0.05, 0.1) is 11.3 Å². The number of nitrogens with zero attached hydrogens (tertiary/aromatic N) is 2. The molecule has 0 aromatic heterocycles. The summed E-state index contributed by atoms with van der Waals surface area (Å²) in [6.45, 7) is 3.12. The Morgan fingerprint density at radius 2 is 2.41 bits per heavy atom. The summed E-state index contributed by atoms with van der Waals surface area (Å²) in [4.78, 5) is 2.31. The first-order valence-corrected chi connectivity index (χ1v) is 6.63. The molecule has 1 atom stereocenters. The van der Waals surface area contributed by atoms with Crippen LogP contribution in [0.1, 0.15) is 12.0 Å². The first-order valence-electron chi connectivity index (χ1n) is 5.84. The second-order valence-corrected chi connectivity index (χ2v) is 5.26. The minimum atomic E-state index is 0.686. The lowest BCUT2D eigenvalue weighted by Gasteiger charge is -2.20. The fraction of sp³-hybridized carbons (Fsp3) is 0.462. The average molecular weight is 294 g/mol. The highest BCUT2D eigenvalue weighted by atomic mass is 79.9. The molecule has 0 radical (unpaired) electrons. The SMILES string of the molecule is CNCC1CCN(c2cccc(Br)c2C#N)C1. The van der Waals surface area contributed by atoms with Crippen LogP contribution in [0.3, 0.4) is 0 Å². The molecule has 0 amide bonds. The first kappa shape index (κ1) is 12.4. The van der Waals surface area contributed by atoms with Crippen molar-refractivity contribution in [2.24, 2.45) is 5.92 Å². The number of halogens is 1. The Labute approximate surface area is 111 Å². The Morgan fingerprint density at radius 3 is 3.12 bits per heavy atom. The van der Waals surface area contributed by atoms with Crippen LogP contribution >= 0.6 is 15.9 Å². The van der Waals surface area contributed by atoms with Crippen molar-refractivity contribution in [3.63, 3.8) is 0 Å². The molecule has 1 aromatic rings. The monoisotopic (exact) mass is 293 g/mol. The molecular formula is C13H16BrN3. The molecule has 2 rings (SSSR count). The molecule has 4 heteroatoms. The van der Waals surface area contributed by atoms with Crippen LogP contribution in [-0.2, 0) is 0 Å². The highest BCUT2D eigenvalue weighted by molar-refractivity contribution is 9.10. The molecule has 1 saturated heterocycles. The fourth-order valence-corrected chi connectivity index (χ4v) is 2.84. The third-order valence-corrected chi connectivity index (χ3v) is 3.88. The second-order valence-electron chi connectivity index (χ2n) is 4.40. The van der Waals surface area contributed by atoms with Gasteiger partial charge in [0.1, 0.15) is 6.07 Å². The molecule has 0 bridgehead atoms. The van der Waals surface area contributed by atoms with Gasteiger partial charge >= 0.3 is 0 Å². The van der Waals surface area contributed by atoms with Crippen molar-refractivity contribution in [2.75, 3.05) is 31.6 Å². The Kier molecular flexibility index (Phi) is 4.03. The molecular weight excluding hydrogens is 278 g/mol. The van der Waals surface area contributed by atoms with Crippen molar-refractivity contribution < 1.29 is 0 Å². The number of rotatable bonds is 3. The van der Waals surface area contributed by atoms with E-state index in [2.05, 4.69) is 32.2 Å². The van der Waals surface area contributed by atoms with Crippen LogP contribution in [0.5, 0.6) is 0 Å². The first-order chi connectivity index (χ1) is 8.26. The zero-order chi connectivity index (χ0) is 12.3. The van der Waals surface area contributed by atoms with E-state index >= 15 is 0 Å². The van der Waals surface area contributed by atoms with Gasteiger partial charge in [-0.15, -0.1) is 0 Å². The summed E-state index contributed by atoms with van der Waals surface area (Å²) in [5, 5.41) is 12.4. The summed E-state index contributed by atoms with van der Waals surface area (Å²) in [5.74, 6) is 0.686. The van der Waals surface area contributed by atoms with E-state index in [1.807, 2.05) is 25.2 Å². The number of nitrogens with one attached hydrogen (secondary N) is 1. The molecule has 0 saturated carbocycles. The highest BCUT2D eigenvalue weighted by Gasteiger charge is 2.24. The van der Waals surface area contributed by atoms with E-state index in [0.29, 0.717) is 5.92 Å². The van der Waals surface area contributed by atoms with E-state index in [9.17, 15) is 5.26 Å². The zero-order valence-corrected chi connectivity index (χ0v) is 11.5. The predicted octanol–water partition coefficient (Wildman–Crippen LogP) is 2.37. The maximum absolute atomic E-state index is 9.21. The summed E-state index contributed by atoms with van der Waals surface area (Å²) in [7, 11) is 1.99. The largest absolute Gasteiger partial charge is 0.370 e. The van der Waals surface area contributed by atoms with Crippen LogP contribution in [0, 0.1) is 17.2 Å². The Balaban J connectivity index is 2.19. The molecule has 1 aliphatic heterocycles. The standard InChI is InChI=1S/C13H16BrN3/c1-16-8-10-5-6-17(9-10)13-4-2-3-12(14)11(13)7-15/h2-4,10,16H,5-6,8-9H2,1H3. The molecule has 1 fully saturated rings. The maximum Gasteiger partial charge on any atom is 0.103 e. The molecule has 0 aliphatic carbocycles. The highest BCUT2D eigenvalue weighted by Crippen LogP contribution is 2.30. The van der Waals surface area contributed by atoms with Crippen molar-refractivity contribution in [1.29, 1.82) is 5.26 Å². The molecule has 1 aliphatic rings. The maximum atomic E-state index is 9.21. The second kappa shape index (κ2) is 5.52. The summed E-state index contributed by atoms with van der Waals surface area (Å²) in [6, 6.07) is 8.23. The van der Waals surface area contributed by atoms with E-state index in [1.165, 1.54) is 6.42 Å². The molecule has 1 N–H and O–H groups in total. The summed E-state index contributed by atoms with van der Waals surface area (Å²) in [5.41, 5.74) is 1.80. The third kappa shape index (κ3) is 2.62. The number of nitriles is 1. The van der Waals surface area contributed by atoms with Gasteiger partial charge < -0.3 is 10.2 Å². The molecule has 1 heterocycles. The zero-order valence-electron chi connectivity index (χ0n) is 9.91. The number of hydrogen-bond acceptors (Lipinski definition) is 3. The minimum Gasteiger partial charge on any atom is -0.370 e. The Bertz CT molecular complexity index is 439. The van der Waals surface area contributed by atoms with Gasteiger partial charge in [-0.1, -0.05) is 6.07 Å². The molecule has 3 nitrogen and oxygen atoms in total. The summed E-state index contributed by atoms with van der Waals surface area (Å²) in [6.07, 6.45) is 1.19. The minimum absolute atomic E-state index is 0.686. The molecule has 17 heavy (non-hydrogen) atoms. The topological polar surface area (TPSA) is 39.1 Å². The van der Waals surface area contributed by atoms with Gasteiger partial charge in [-0.25, -0.2) is 0 Å². The lowest BCUT2D eigenvalue weighted by atomic mass is 10.1. The van der Waals surface area contributed by atoms with Crippen molar-refractivity contribution in [3.8, 4) is 6.07 Å².